The maximum absolute atomic E-state index is 14.4. The van der Waals surface area contributed by atoms with Gasteiger partial charge >= 0.3 is 0 Å². The summed E-state index contributed by atoms with van der Waals surface area (Å²) in [6.07, 6.45) is 2.36. The van der Waals surface area contributed by atoms with Gasteiger partial charge in [0.05, 0.1) is 34.9 Å². The summed E-state index contributed by atoms with van der Waals surface area (Å²) >= 11 is 2.45. The minimum Gasteiger partial charge on any atom is -0.366 e. The zero-order chi connectivity index (χ0) is 27.1. The van der Waals surface area contributed by atoms with Crippen molar-refractivity contribution in [2.24, 2.45) is 5.73 Å². The van der Waals surface area contributed by atoms with Crippen LogP contribution in [0, 0.1) is 5.82 Å². The molecule has 1 saturated carbocycles. The van der Waals surface area contributed by atoms with E-state index in [0.29, 0.717) is 36.1 Å². The Bertz CT molecular complexity index is 1560. The van der Waals surface area contributed by atoms with Crippen molar-refractivity contribution in [2.45, 2.75) is 49.3 Å². The predicted octanol–water partition coefficient (Wildman–Crippen LogP) is 3.04. The highest BCUT2D eigenvalue weighted by molar-refractivity contribution is 7.97. The second-order valence-corrected chi connectivity index (χ2v) is 11.5. The maximum Gasteiger partial charge on any atom is 0.269 e. The van der Waals surface area contributed by atoms with Gasteiger partial charge in [0.2, 0.25) is 5.91 Å². The summed E-state index contributed by atoms with van der Waals surface area (Å²) in [7, 11) is 1.63. The molecule has 39 heavy (non-hydrogen) atoms. The molecule has 2 aromatic carbocycles. The number of amides is 2. The van der Waals surface area contributed by atoms with Crippen molar-refractivity contribution in [3.8, 4) is 0 Å². The average Bonchev–Trinajstić information content (AvgIpc) is 3.52. The molecule has 4 N–H and O–H groups in total. The molecule has 3 heterocycles. The Kier molecular flexibility index (Phi) is 7.06. The first-order valence-corrected chi connectivity index (χ1v) is 14.2. The Morgan fingerprint density at radius 3 is 2.79 bits per heavy atom. The molecule has 0 radical (unpaired) electrons. The van der Waals surface area contributed by atoms with Gasteiger partial charge in [-0.1, -0.05) is 6.07 Å². The molecule has 0 bridgehead atoms. The molecule has 202 valence electrons. The van der Waals surface area contributed by atoms with Crippen LogP contribution in [0.25, 0.3) is 11.0 Å². The van der Waals surface area contributed by atoms with Crippen LogP contribution in [-0.2, 0) is 19.5 Å². The van der Waals surface area contributed by atoms with Crippen LogP contribution in [0.1, 0.15) is 56.6 Å². The second-order valence-electron chi connectivity index (χ2n) is 9.80. The van der Waals surface area contributed by atoms with E-state index in [-0.39, 0.29) is 17.5 Å². The summed E-state index contributed by atoms with van der Waals surface area (Å²) in [6, 6.07) is 10.7. The predicted molar refractivity (Wildman–Crippen MR) is 147 cm³/mol. The standard InChI is InChI=1S/C26H27FN8O2S2/c1-29-26(37)24-18-6-7-34(38-23-9-15(25(28)36)3-4-19(23)27)13-22(18)31-35(24)17-10-16(11-17)30-12-14-2-5-20-21(8-14)33-39-32-20/h2-5,8-9,16-17,30H,6-7,10-13H2,1H3,(H2,28,36)(H,29,37). The molecular formula is C26H27FN8O2S2. The van der Waals surface area contributed by atoms with Crippen LogP contribution in [-0.4, -0.2) is 54.3 Å². The van der Waals surface area contributed by atoms with E-state index >= 15 is 0 Å². The molecule has 0 atom stereocenters. The molecular weight excluding hydrogens is 539 g/mol. The van der Waals surface area contributed by atoms with Gasteiger partial charge in [-0.3, -0.25) is 14.3 Å². The van der Waals surface area contributed by atoms with E-state index in [1.165, 1.54) is 41.9 Å². The van der Waals surface area contributed by atoms with E-state index in [1.54, 1.807) is 7.05 Å². The molecule has 10 nitrogen and oxygen atoms in total. The molecule has 2 aliphatic rings. The lowest BCUT2D eigenvalue weighted by atomic mass is 9.86. The van der Waals surface area contributed by atoms with Crippen LogP contribution in [0.15, 0.2) is 41.3 Å². The summed E-state index contributed by atoms with van der Waals surface area (Å²) < 4.78 is 26.9. The van der Waals surface area contributed by atoms with Gasteiger partial charge in [-0.15, -0.1) is 0 Å². The molecule has 2 aromatic heterocycles. The molecule has 4 aromatic rings. The summed E-state index contributed by atoms with van der Waals surface area (Å²) in [5.74, 6) is -1.16. The van der Waals surface area contributed by atoms with Crippen LogP contribution >= 0.6 is 23.7 Å². The number of hydrogen-bond donors (Lipinski definition) is 3. The van der Waals surface area contributed by atoms with E-state index in [9.17, 15) is 14.0 Å². The highest BCUT2D eigenvalue weighted by atomic mass is 32.2. The van der Waals surface area contributed by atoms with Crippen LogP contribution in [0.4, 0.5) is 4.39 Å². The molecule has 1 aliphatic carbocycles. The summed E-state index contributed by atoms with van der Waals surface area (Å²) in [5.41, 5.74) is 11.0. The molecule has 1 fully saturated rings. The third-order valence-corrected chi connectivity index (χ3v) is 8.92. The van der Waals surface area contributed by atoms with Crippen molar-refractivity contribution in [3.05, 3.63) is 70.3 Å². The lowest BCUT2D eigenvalue weighted by molar-refractivity contribution is 0.0938. The number of aromatic nitrogens is 4. The second kappa shape index (κ2) is 10.6. The van der Waals surface area contributed by atoms with Crippen molar-refractivity contribution in [3.63, 3.8) is 0 Å². The maximum atomic E-state index is 14.4. The van der Waals surface area contributed by atoms with Crippen molar-refractivity contribution < 1.29 is 14.0 Å². The zero-order valence-corrected chi connectivity index (χ0v) is 22.8. The Labute approximate surface area is 232 Å². The Hall–Kier alpha value is -3.39. The first-order valence-electron chi connectivity index (χ1n) is 12.7. The van der Waals surface area contributed by atoms with E-state index in [2.05, 4.69) is 31.5 Å². The monoisotopic (exact) mass is 566 g/mol. The molecule has 0 unspecified atom stereocenters. The molecule has 0 spiro atoms. The average molecular weight is 567 g/mol. The smallest absolute Gasteiger partial charge is 0.269 e. The number of nitrogens with one attached hydrogen (secondary N) is 2. The minimum atomic E-state index is -0.599. The SMILES string of the molecule is CNC(=O)c1c2c(nn1C1CC(NCc3ccc4nsnc4c3)C1)CN(Sc1cc(C(N)=O)ccc1F)CC2. The zero-order valence-electron chi connectivity index (χ0n) is 21.2. The van der Waals surface area contributed by atoms with Crippen LogP contribution in [0.2, 0.25) is 0 Å². The lowest BCUT2D eigenvalue weighted by Gasteiger charge is -2.37. The third kappa shape index (κ3) is 5.14. The van der Waals surface area contributed by atoms with E-state index < -0.39 is 11.7 Å². The number of fused-ring (bicyclic) bond motifs is 2. The van der Waals surface area contributed by atoms with Crippen LogP contribution in [0.3, 0.4) is 0 Å². The van der Waals surface area contributed by atoms with Gasteiger partial charge in [0.1, 0.15) is 22.5 Å². The van der Waals surface area contributed by atoms with Crippen molar-refractivity contribution >= 4 is 46.5 Å². The Morgan fingerprint density at radius 1 is 1.18 bits per heavy atom. The van der Waals surface area contributed by atoms with Gasteiger partial charge in [-0.2, -0.15) is 13.8 Å². The van der Waals surface area contributed by atoms with E-state index in [0.717, 1.165) is 47.2 Å². The fourth-order valence-corrected chi connectivity index (χ4v) is 6.61. The number of hydrogen-bond acceptors (Lipinski definition) is 9. The van der Waals surface area contributed by atoms with Gasteiger partial charge < -0.3 is 16.4 Å². The lowest BCUT2D eigenvalue weighted by Crippen LogP contribution is -2.43. The highest BCUT2D eigenvalue weighted by Crippen LogP contribution is 2.37. The fraction of sp³-hybridized carbons (Fsp3) is 0.346. The van der Waals surface area contributed by atoms with E-state index in [1.807, 2.05) is 15.1 Å². The van der Waals surface area contributed by atoms with Gasteiger partial charge in [0.15, 0.2) is 0 Å². The number of rotatable bonds is 8. The summed E-state index contributed by atoms with van der Waals surface area (Å²) in [6.45, 7) is 1.81. The van der Waals surface area contributed by atoms with Crippen LogP contribution in [0.5, 0.6) is 0 Å². The number of benzene rings is 2. The van der Waals surface area contributed by atoms with Gasteiger partial charge in [-0.05, 0) is 67.1 Å². The first kappa shape index (κ1) is 25.9. The Balaban J connectivity index is 1.13. The summed E-state index contributed by atoms with van der Waals surface area (Å²) in [5, 5.41) is 11.2. The Morgan fingerprint density at radius 2 is 2.00 bits per heavy atom. The molecule has 2 amide bonds. The number of primary amides is 1. The number of carbonyl (C=O) groups excluding carboxylic acids is 2. The largest absolute Gasteiger partial charge is 0.366 e. The van der Waals surface area contributed by atoms with Gasteiger partial charge in [0.25, 0.3) is 5.91 Å². The quantitative estimate of drug-likeness (QED) is 0.278. The fourth-order valence-electron chi connectivity index (χ4n) is 5.11. The topological polar surface area (TPSA) is 131 Å². The van der Waals surface area contributed by atoms with E-state index in [4.69, 9.17) is 10.8 Å². The first-order chi connectivity index (χ1) is 18.9. The number of nitrogens with zero attached hydrogens (tertiary/aromatic N) is 5. The number of nitrogens with two attached hydrogens (primary N) is 1. The molecule has 0 saturated heterocycles. The highest BCUT2D eigenvalue weighted by Gasteiger charge is 2.36. The van der Waals surface area contributed by atoms with Gasteiger partial charge in [0, 0.05) is 37.3 Å². The van der Waals surface area contributed by atoms with Crippen molar-refractivity contribution in [1.29, 1.82) is 0 Å². The van der Waals surface area contributed by atoms with Crippen LogP contribution < -0.4 is 16.4 Å². The van der Waals surface area contributed by atoms with Crippen molar-refractivity contribution in [1.82, 2.24) is 33.5 Å². The van der Waals surface area contributed by atoms with Crippen molar-refractivity contribution in [2.75, 3.05) is 13.6 Å². The minimum absolute atomic E-state index is 0.122. The molecule has 6 rings (SSSR count). The van der Waals surface area contributed by atoms with Gasteiger partial charge in [-0.25, -0.2) is 8.70 Å². The third-order valence-electron chi connectivity index (χ3n) is 7.29. The number of halogens is 1. The molecule has 1 aliphatic heterocycles. The molecule has 13 heteroatoms. The normalized spacial score (nSPS) is 19.0. The number of carbonyl (C=O) groups is 2. The summed E-state index contributed by atoms with van der Waals surface area (Å²) in [4.78, 5) is 24.8.